The summed E-state index contributed by atoms with van der Waals surface area (Å²) in [6.07, 6.45) is 3.80. The highest BCUT2D eigenvalue weighted by atomic mass is 35.5. The number of aromatic nitrogens is 1. The number of benzene rings is 3. The largest absolute Gasteiger partial charge is 0.322 e. The second-order valence-corrected chi connectivity index (χ2v) is 10.1. The van der Waals surface area contributed by atoms with Crippen LogP contribution in [0, 0.1) is 6.92 Å². The van der Waals surface area contributed by atoms with Crippen LogP contribution < -0.4 is 10.2 Å². The minimum Gasteiger partial charge on any atom is -0.316 e. The SMILES string of the molecule is Cc1ccccc1NC(=O)N(CC(=O)N1c2ccccc2-n2cccc2[C@@H]1c1cccc(Cl)c1)C1CC1. The highest BCUT2D eigenvalue weighted by molar-refractivity contribution is 6.30. The van der Waals surface area contributed by atoms with Gasteiger partial charge in [-0.15, -0.1) is 0 Å². The monoisotopic (exact) mass is 510 g/mol. The Balaban J connectivity index is 1.37. The number of carbonyl (C=O) groups is 2. The first-order chi connectivity index (χ1) is 18.0. The van der Waals surface area contributed by atoms with Crippen LogP contribution >= 0.6 is 11.6 Å². The Bertz CT molecular complexity index is 1490. The van der Waals surface area contributed by atoms with Crippen LogP contribution in [0.3, 0.4) is 0 Å². The third-order valence-electron chi connectivity index (χ3n) is 7.09. The molecule has 2 heterocycles. The number of fused-ring (bicyclic) bond motifs is 3. The minimum atomic E-state index is -0.378. The van der Waals surface area contributed by atoms with Gasteiger partial charge in [0.2, 0.25) is 5.91 Å². The lowest BCUT2D eigenvalue weighted by atomic mass is 9.97. The number of hydrogen-bond donors (Lipinski definition) is 1. The molecular formula is C30H27ClN4O2. The van der Waals surface area contributed by atoms with Crippen molar-refractivity contribution < 1.29 is 9.59 Å². The second-order valence-electron chi connectivity index (χ2n) is 9.62. The fourth-order valence-electron chi connectivity index (χ4n) is 5.13. The third kappa shape index (κ3) is 4.38. The molecule has 6 nitrogen and oxygen atoms in total. The highest BCUT2D eigenvalue weighted by Crippen LogP contribution is 2.43. The van der Waals surface area contributed by atoms with E-state index in [1.54, 1.807) is 4.90 Å². The highest BCUT2D eigenvalue weighted by Gasteiger charge is 2.40. The summed E-state index contributed by atoms with van der Waals surface area (Å²) >= 11 is 6.39. The van der Waals surface area contributed by atoms with E-state index >= 15 is 0 Å². The van der Waals surface area contributed by atoms with Crippen LogP contribution in [0.2, 0.25) is 5.02 Å². The van der Waals surface area contributed by atoms with E-state index in [1.807, 2.05) is 103 Å². The van der Waals surface area contributed by atoms with Crippen LogP contribution in [0.15, 0.2) is 91.1 Å². The van der Waals surface area contributed by atoms with Gasteiger partial charge in [-0.2, -0.15) is 0 Å². The number of halogens is 1. The summed E-state index contributed by atoms with van der Waals surface area (Å²) in [5.41, 5.74) is 5.34. The van der Waals surface area contributed by atoms with Crippen molar-refractivity contribution in [2.45, 2.75) is 31.8 Å². The van der Waals surface area contributed by atoms with Crippen LogP contribution in [0.5, 0.6) is 0 Å². The van der Waals surface area contributed by atoms with E-state index in [0.717, 1.165) is 46.7 Å². The summed E-state index contributed by atoms with van der Waals surface area (Å²) in [5.74, 6) is -0.142. The quantitative estimate of drug-likeness (QED) is 0.330. The van der Waals surface area contributed by atoms with E-state index in [4.69, 9.17) is 11.6 Å². The summed E-state index contributed by atoms with van der Waals surface area (Å²) < 4.78 is 2.12. The van der Waals surface area contributed by atoms with Gasteiger partial charge in [-0.05, 0) is 73.4 Å². The predicted octanol–water partition coefficient (Wildman–Crippen LogP) is 6.57. The number of carbonyl (C=O) groups excluding carboxylic acids is 2. The van der Waals surface area contributed by atoms with Crippen LogP contribution in [0.25, 0.3) is 5.69 Å². The molecule has 0 spiro atoms. The fraction of sp³-hybridized carbons (Fsp3) is 0.200. The van der Waals surface area contributed by atoms with Gasteiger partial charge in [-0.1, -0.05) is 54.1 Å². The number of nitrogens with one attached hydrogen (secondary N) is 1. The Hall–Kier alpha value is -4.03. The number of urea groups is 1. The van der Waals surface area contributed by atoms with Crippen molar-refractivity contribution in [3.8, 4) is 5.69 Å². The maximum Gasteiger partial charge on any atom is 0.322 e. The Morgan fingerprint density at radius 3 is 2.46 bits per heavy atom. The van der Waals surface area contributed by atoms with Crippen molar-refractivity contribution in [3.63, 3.8) is 0 Å². The fourth-order valence-corrected chi connectivity index (χ4v) is 5.33. The van der Waals surface area contributed by atoms with Gasteiger partial charge in [0, 0.05) is 22.9 Å². The lowest BCUT2D eigenvalue weighted by Gasteiger charge is -2.39. The Kier molecular flexibility index (Phi) is 5.97. The van der Waals surface area contributed by atoms with E-state index < -0.39 is 0 Å². The Morgan fingerprint density at radius 2 is 1.70 bits per heavy atom. The van der Waals surface area contributed by atoms with Crippen molar-refractivity contribution in [1.29, 1.82) is 0 Å². The van der Waals surface area contributed by atoms with E-state index in [9.17, 15) is 9.59 Å². The van der Waals surface area contributed by atoms with Gasteiger partial charge in [0.05, 0.1) is 17.1 Å². The smallest absolute Gasteiger partial charge is 0.316 e. The van der Waals surface area contributed by atoms with E-state index in [1.165, 1.54) is 0 Å². The summed E-state index contributed by atoms with van der Waals surface area (Å²) in [6.45, 7) is 1.94. The number of hydrogen-bond acceptors (Lipinski definition) is 2. The molecular weight excluding hydrogens is 484 g/mol. The molecule has 1 saturated carbocycles. The minimum absolute atomic E-state index is 0.0194. The molecule has 1 N–H and O–H groups in total. The van der Waals surface area contributed by atoms with Gasteiger partial charge in [-0.3, -0.25) is 9.69 Å². The molecule has 0 saturated heterocycles. The molecule has 3 amide bonds. The number of nitrogens with zero attached hydrogens (tertiary/aromatic N) is 3. The molecule has 186 valence electrons. The van der Waals surface area contributed by atoms with Gasteiger partial charge >= 0.3 is 6.03 Å². The molecule has 1 atom stereocenters. The van der Waals surface area contributed by atoms with Crippen molar-refractivity contribution in [2.24, 2.45) is 0 Å². The van der Waals surface area contributed by atoms with Crippen LogP contribution in [-0.4, -0.2) is 34.0 Å². The van der Waals surface area contributed by atoms with Crippen molar-refractivity contribution >= 4 is 34.9 Å². The molecule has 1 aliphatic carbocycles. The molecule has 0 unspecified atom stereocenters. The van der Waals surface area contributed by atoms with E-state index in [2.05, 4.69) is 9.88 Å². The first-order valence-electron chi connectivity index (χ1n) is 12.5. The third-order valence-corrected chi connectivity index (χ3v) is 7.33. The van der Waals surface area contributed by atoms with Gasteiger partial charge in [-0.25, -0.2) is 4.79 Å². The molecule has 7 heteroatoms. The number of para-hydroxylation sites is 3. The molecule has 2 aliphatic rings. The molecule has 3 aromatic carbocycles. The lowest BCUT2D eigenvalue weighted by molar-refractivity contribution is -0.119. The van der Waals surface area contributed by atoms with E-state index in [-0.39, 0.29) is 30.6 Å². The molecule has 1 aliphatic heterocycles. The molecule has 0 radical (unpaired) electrons. The molecule has 1 fully saturated rings. The van der Waals surface area contributed by atoms with E-state index in [0.29, 0.717) is 5.02 Å². The maximum absolute atomic E-state index is 14.2. The molecule has 1 aromatic heterocycles. The number of amides is 3. The summed E-state index contributed by atoms with van der Waals surface area (Å²) in [4.78, 5) is 31.1. The van der Waals surface area contributed by atoms with Crippen molar-refractivity contribution in [3.05, 3.63) is 113 Å². The average Bonchev–Trinajstić information content (AvgIpc) is 3.62. The molecule has 6 rings (SSSR count). The zero-order valence-electron chi connectivity index (χ0n) is 20.5. The Labute approximate surface area is 221 Å². The van der Waals surface area contributed by atoms with Crippen molar-refractivity contribution in [2.75, 3.05) is 16.8 Å². The molecule has 37 heavy (non-hydrogen) atoms. The maximum atomic E-state index is 14.2. The Morgan fingerprint density at radius 1 is 0.946 bits per heavy atom. The van der Waals surface area contributed by atoms with Gasteiger partial charge in [0.25, 0.3) is 0 Å². The zero-order chi connectivity index (χ0) is 25.5. The lowest BCUT2D eigenvalue weighted by Crippen LogP contribution is -2.48. The van der Waals surface area contributed by atoms with Crippen LogP contribution in [0.4, 0.5) is 16.2 Å². The second kappa shape index (κ2) is 9.45. The molecule has 4 aromatic rings. The van der Waals surface area contributed by atoms with Crippen LogP contribution in [-0.2, 0) is 4.79 Å². The number of anilines is 2. The summed E-state index contributed by atoms with van der Waals surface area (Å²) in [6, 6.07) is 26.6. The van der Waals surface area contributed by atoms with Crippen molar-refractivity contribution in [1.82, 2.24) is 9.47 Å². The number of aryl methyl sites for hydroxylation is 1. The average molecular weight is 511 g/mol. The van der Waals surface area contributed by atoms with Gasteiger partial charge in [0.1, 0.15) is 12.6 Å². The first kappa shape index (κ1) is 23.4. The summed E-state index contributed by atoms with van der Waals surface area (Å²) in [5, 5.41) is 3.63. The first-order valence-corrected chi connectivity index (χ1v) is 12.9. The normalized spacial score (nSPS) is 16.1. The van der Waals surface area contributed by atoms with Crippen LogP contribution in [0.1, 0.15) is 35.7 Å². The van der Waals surface area contributed by atoms with Gasteiger partial charge in [0.15, 0.2) is 0 Å². The zero-order valence-corrected chi connectivity index (χ0v) is 21.2. The number of rotatable bonds is 5. The summed E-state index contributed by atoms with van der Waals surface area (Å²) in [7, 11) is 0. The molecule has 0 bridgehead atoms. The standard InChI is InChI=1S/C30H27ClN4O2/c1-20-8-2-3-11-24(20)32-30(37)34(23-15-16-23)19-28(36)35-26-13-5-4-12-25(26)33-17-7-14-27(33)29(35)21-9-6-10-22(31)18-21/h2-14,17-18,23,29H,15-16,19H2,1H3,(H,32,37)/t29-/m0/s1. The topological polar surface area (TPSA) is 57.6 Å². The predicted molar refractivity (Wildman–Crippen MR) is 146 cm³/mol. The van der Waals surface area contributed by atoms with Gasteiger partial charge < -0.3 is 14.8 Å².